The molecule has 0 saturated heterocycles. The van der Waals surface area contributed by atoms with E-state index in [1.807, 2.05) is 6.92 Å². The van der Waals surface area contributed by atoms with Crippen molar-refractivity contribution in [3.8, 4) is 11.5 Å². The Bertz CT molecular complexity index is 538. The Labute approximate surface area is 116 Å². The molecule has 0 amide bonds. The van der Waals surface area contributed by atoms with Gasteiger partial charge in [0.1, 0.15) is 13.2 Å². The summed E-state index contributed by atoms with van der Waals surface area (Å²) in [7, 11) is 0. The van der Waals surface area contributed by atoms with Crippen molar-refractivity contribution in [3.05, 3.63) is 22.2 Å². The van der Waals surface area contributed by atoms with Crippen LogP contribution in [0.4, 0.5) is 0 Å². The Kier molecular flexibility index (Phi) is 2.95. The number of halogens is 1. The van der Waals surface area contributed by atoms with Crippen molar-refractivity contribution < 1.29 is 14.3 Å². The highest BCUT2D eigenvalue weighted by Gasteiger charge is 2.51. The molecule has 1 aromatic rings. The predicted molar refractivity (Wildman–Crippen MR) is 72.4 cm³/mol. The third kappa shape index (κ3) is 1.82. The van der Waals surface area contributed by atoms with Gasteiger partial charge in [-0.2, -0.15) is 0 Å². The first-order chi connectivity index (χ1) is 9.10. The van der Waals surface area contributed by atoms with Crippen LogP contribution < -0.4 is 15.2 Å². The average Bonchev–Trinajstić information content (AvgIpc) is 3.19. The van der Waals surface area contributed by atoms with Crippen LogP contribution in [0, 0.1) is 0 Å². The standard InChI is InChI=1S/C14H16ClNO3/c1-8(16)14(2-3-14)11-10(15)6-9(7-17)12-13(11)19-5-4-18-12/h6-8H,2-5,16H2,1H3. The molecule has 1 aliphatic heterocycles. The Morgan fingerprint density at radius 3 is 2.53 bits per heavy atom. The molecule has 3 rings (SSSR count). The highest BCUT2D eigenvalue weighted by Crippen LogP contribution is 2.58. The number of rotatable bonds is 3. The zero-order valence-corrected chi connectivity index (χ0v) is 11.5. The molecule has 4 nitrogen and oxygen atoms in total. The second kappa shape index (κ2) is 4.39. The highest BCUT2D eigenvalue weighted by molar-refractivity contribution is 6.32. The summed E-state index contributed by atoms with van der Waals surface area (Å²) >= 11 is 6.36. The lowest BCUT2D eigenvalue weighted by Gasteiger charge is -2.29. The van der Waals surface area contributed by atoms with Crippen molar-refractivity contribution in [1.82, 2.24) is 0 Å². The van der Waals surface area contributed by atoms with E-state index in [2.05, 4.69) is 0 Å². The first kappa shape index (κ1) is 12.8. The fraction of sp³-hybridized carbons (Fsp3) is 0.500. The second-order valence-corrected chi connectivity index (χ2v) is 5.65. The molecule has 2 N–H and O–H groups in total. The Hall–Kier alpha value is -1.26. The molecule has 102 valence electrons. The molecule has 1 unspecified atom stereocenters. The van der Waals surface area contributed by atoms with E-state index in [1.54, 1.807) is 6.07 Å². The minimum absolute atomic E-state index is 0.0123. The number of hydrogen-bond donors (Lipinski definition) is 1. The van der Waals surface area contributed by atoms with E-state index in [9.17, 15) is 4.79 Å². The summed E-state index contributed by atoms with van der Waals surface area (Å²) in [6.07, 6.45) is 2.72. The number of benzene rings is 1. The summed E-state index contributed by atoms with van der Waals surface area (Å²) < 4.78 is 11.3. The van der Waals surface area contributed by atoms with Crippen molar-refractivity contribution in [2.75, 3.05) is 13.2 Å². The molecule has 0 radical (unpaired) electrons. The van der Waals surface area contributed by atoms with Crippen molar-refractivity contribution in [3.63, 3.8) is 0 Å². The van der Waals surface area contributed by atoms with Crippen LogP contribution in [0.1, 0.15) is 35.7 Å². The lowest BCUT2D eigenvalue weighted by atomic mass is 9.87. The molecule has 2 aliphatic rings. The van der Waals surface area contributed by atoms with Crippen LogP contribution in [0.25, 0.3) is 0 Å². The smallest absolute Gasteiger partial charge is 0.172 e. The van der Waals surface area contributed by atoms with Crippen LogP contribution in [0.3, 0.4) is 0 Å². The van der Waals surface area contributed by atoms with Gasteiger partial charge in [-0.05, 0) is 25.8 Å². The summed E-state index contributed by atoms with van der Waals surface area (Å²) in [6.45, 7) is 2.89. The van der Waals surface area contributed by atoms with Crippen molar-refractivity contribution in [2.45, 2.75) is 31.2 Å². The van der Waals surface area contributed by atoms with Crippen LogP contribution in [0.5, 0.6) is 11.5 Å². The van der Waals surface area contributed by atoms with Crippen LogP contribution in [-0.2, 0) is 5.41 Å². The highest BCUT2D eigenvalue weighted by atomic mass is 35.5. The third-order valence-electron chi connectivity index (χ3n) is 4.08. The molecule has 1 atom stereocenters. The number of ether oxygens (including phenoxy) is 2. The first-order valence-electron chi connectivity index (χ1n) is 6.43. The van der Waals surface area contributed by atoms with Gasteiger partial charge in [-0.25, -0.2) is 0 Å². The van der Waals surface area contributed by atoms with Gasteiger partial charge in [0, 0.05) is 22.0 Å². The number of fused-ring (bicyclic) bond motifs is 1. The van der Waals surface area contributed by atoms with Crippen LogP contribution in [0.15, 0.2) is 6.07 Å². The van der Waals surface area contributed by atoms with Crippen molar-refractivity contribution in [1.29, 1.82) is 0 Å². The monoisotopic (exact) mass is 281 g/mol. The topological polar surface area (TPSA) is 61.6 Å². The summed E-state index contributed by atoms with van der Waals surface area (Å²) in [5, 5.41) is 0.543. The molecule has 1 aromatic carbocycles. The minimum atomic E-state index is -0.136. The van der Waals surface area contributed by atoms with Crippen molar-refractivity contribution >= 4 is 17.9 Å². The maximum atomic E-state index is 11.1. The van der Waals surface area contributed by atoms with E-state index in [4.69, 9.17) is 26.8 Å². The average molecular weight is 282 g/mol. The van der Waals surface area contributed by atoms with Gasteiger partial charge in [0.05, 0.1) is 5.56 Å². The SMILES string of the molecule is CC(N)C1(c2c(Cl)cc(C=O)c3c2OCCO3)CC1. The minimum Gasteiger partial charge on any atom is -0.486 e. The maximum Gasteiger partial charge on any atom is 0.172 e. The van der Waals surface area contributed by atoms with E-state index in [0.717, 1.165) is 24.7 Å². The summed E-state index contributed by atoms with van der Waals surface area (Å²) in [5.41, 5.74) is 7.32. The van der Waals surface area contributed by atoms with Gasteiger partial charge in [-0.3, -0.25) is 4.79 Å². The van der Waals surface area contributed by atoms with Gasteiger partial charge >= 0.3 is 0 Å². The number of nitrogens with two attached hydrogens (primary N) is 1. The number of aldehydes is 1. The largest absolute Gasteiger partial charge is 0.486 e. The lowest BCUT2D eigenvalue weighted by molar-refractivity contribution is 0.111. The zero-order chi connectivity index (χ0) is 13.6. The molecule has 1 heterocycles. The first-order valence-corrected chi connectivity index (χ1v) is 6.81. The molecule has 1 saturated carbocycles. The zero-order valence-electron chi connectivity index (χ0n) is 10.7. The maximum absolute atomic E-state index is 11.1. The molecular formula is C14H16ClNO3. The molecule has 0 bridgehead atoms. The van der Waals surface area contributed by atoms with Crippen LogP contribution in [0.2, 0.25) is 5.02 Å². The van der Waals surface area contributed by atoms with Gasteiger partial charge in [0.2, 0.25) is 0 Å². The normalized spacial score (nSPS) is 20.8. The van der Waals surface area contributed by atoms with Gasteiger partial charge in [-0.1, -0.05) is 11.6 Å². The molecule has 1 fully saturated rings. The van der Waals surface area contributed by atoms with E-state index in [1.165, 1.54) is 0 Å². The molecule has 0 aromatic heterocycles. The number of carbonyl (C=O) groups is 1. The van der Waals surface area contributed by atoms with E-state index in [0.29, 0.717) is 35.3 Å². The molecule has 5 heteroatoms. The van der Waals surface area contributed by atoms with Gasteiger partial charge in [0.25, 0.3) is 0 Å². The molecule has 19 heavy (non-hydrogen) atoms. The second-order valence-electron chi connectivity index (χ2n) is 5.24. The van der Waals surface area contributed by atoms with E-state index in [-0.39, 0.29) is 11.5 Å². The third-order valence-corrected chi connectivity index (χ3v) is 4.38. The Morgan fingerprint density at radius 1 is 1.37 bits per heavy atom. The van der Waals surface area contributed by atoms with Crippen molar-refractivity contribution in [2.24, 2.45) is 5.73 Å². The van der Waals surface area contributed by atoms with Crippen LogP contribution in [-0.4, -0.2) is 25.5 Å². The Morgan fingerprint density at radius 2 is 2.00 bits per heavy atom. The van der Waals surface area contributed by atoms with Gasteiger partial charge in [0.15, 0.2) is 17.8 Å². The predicted octanol–water partition coefficient (Wildman–Crippen LogP) is 2.30. The number of hydrogen-bond acceptors (Lipinski definition) is 4. The lowest BCUT2D eigenvalue weighted by Crippen LogP contribution is -2.33. The van der Waals surface area contributed by atoms with E-state index < -0.39 is 0 Å². The summed E-state index contributed by atoms with van der Waals surface area (Å²) in [6, 6.07) is 1.64. The van der Waals surface area contributed by atoms with Gasteiger partial charge in [-0.15, -0.1) is 0 Å². The quantitative estimate of drug-likeness (QED) is 0.864. The fourth-order valence-electron chi connectivity index (χ4n) is 2.82. The fourth-order valence-corrected chi connectivity index (χ4v) is 3.21. The molecule has 0 spiro atoms. The summed E-state index contributed by atoms with van der Waals surface area (Å²) in [5.74, 6) is 1.11. The van der Waals surface area contributed by atoms with E-state index >= 15 is 0 Å². The number of carbonyl (C=O) groups excluding carboxylic acids is 1. The molecular weight excluding hydrogens is 266 g/mol. The Balaban J connectivity index is 2.22. The summed E-state index contributed by atoms with van der Waals surface area (Å²) in [4.78, 5) is 11.1. The molecule has 1 aliphatic carbocycles. The van der Waals surface area contributed by atoms with Crippen LogP contribution >= 0.6 is 11.6 Å². The van der Waals surface area contributed by atoms with Gasteiger partial charge < -0.3 is 15.2 Å².